The highest BCUT2D eigenvalue weighted by Crippen LogP contribution is 2.24. The van der Waals surface area contributed by atoms with E-state index in [2.05, 4.69) is 26.6 Å². The molecule has 0 aliphatic heterocycles. The normalized spacial score (nSPS) is 10.6. The van der Waals surface area contributed by atoms with Crippen LogP contribution in [0.25, 0.3) is 6.08 Å². The van der Waals surface area contributed by atoms with Crippen molar-refractivity contribution in [2.75, 3.05) is 17.7 Å². The van der Waals surface area contributed by atoms with Crippen LogP contribution in [-0.2, 0) is 4.79 Å². The van der Waals surface area contributed by atoms with Crippen LogP contribution in [0.4, 0.5) is 11.4 Å². The van der Waals surface area contributed by atoms with Gasteiger partial charge in [-0.05, 0) is 60.7 Å². The predicted molar refractivity (Wildman–Crippen MR) is 119 cm³/mol. The molecule has 2 amide bonds. The highest BCUT2D eigenvalue weighted by Gasteiger charge is 2.06. The van der Waals surface area contributed by atoms with Crippen LogP contribution in [-0.4, -0.2) is 18.9 Å². The van der Waals surface area contributed by atoms with Crippen LogP contribution >= 0.6 is 15.9 Å². The third kappa shape index (κ3) is 5.80. The number of halogens is 1. The number of carbonyl (C=O) groups excluding carboxylic acids is 2. The van der Waals surface area contributed by atoms with E-state index in [1.54, 1.807) is 49.6 Å². The molecule has 3 aromatic rings. The second-order valence-electron chi connectivity index (χ2n) is 6.11. The van der Waals surface area contributed by atoms with Crippen molar-refractivity contribution in [3.63, 3.8) is 0 Å². The number of hydrogen-bond acceptors (Lipinski definition) is 3. The Hall–Kier alpha value is -3.38. The van der Waals surface area contributed by atoms with Gasteiger partial charge in [0, 0.05) is 33.1 Å². The Balaban J connectivity index is 1.60. The van der Waals surface area contributed by atoms with E-state index in [1.807, 2.05) is 36.4 Å². The maximum Gasteiger partial charge on any atom is 0.255 e. The van der Waals surface area contributed by atoms with Crippen molar-refractivity contribution in [1.29, 1.82) is 0 Å². The summed E-state index contributed by atoms with van der Waals surface area (Å²) in [5.74, 6) is 0.220. The molecule has 0 radical (unpaired) electrons. The highest BCUT2D eigenvalue weighted by molar-refractivity contribution is 9.10. The standard InChI is InChI=1S/C23H19BrN2O3/c1-29-21-13-8-18(24)15-17(21)7-14-22(27)25-19-9-11-20(12-10-19)26-23(28)16-5-3-2-4-6-16/h2-15H,1H3,(H,25,27)(H,26,28)/b14-7+. The third-order valence-electron chi connectivity index (χ3n) is 4.05. The van der Waals surface area contributed by atoms with E-state index in [0.717, 1.165) is 10.0 Å². The molecule has 0 heterocycles. The van der Waals surface area contributed by atoms with Crippen LogP contribution in [0.3, 0.4) is 0 Å². The van der Waals surface area contributed by atoms with Crippen LogP contribution in [0.5, 0.6) is 5.75 Å². The molecule has 29 heavy (non-hydrogen) atoms. The Labute approximate surface area is 177 Å². The van der Waals surface area contributed by atoms with E-state index < -0.39 is 0 Å². The predicted octanol–water partition coefficient (Wildman–Crippen LogP) is 5.36. The molecule has 146 valence electrons. The summed E-state index contributed by atoms with van der Waals surface area (Å²) in [6.45, 7) is 0. The average molecular weight is 451 g/mol. The third-order valence-corrected chi connectivity index (χ3v) is 4.55. The van der Waals surface area contributed by atoms with Crippen LogP contribution in [0.2, 0.25) is 0 Å². The number of methoxy groups -OCH3 is 1. The van der Waals surface area contributed by atoms with Crippen molar-refractivity contribution in [2.24, 2.45) is 0 Å². The second-order valence-corrected chi connectivity index (χ2v) is 7.02. The van der Waals surface area contributed by atoms with Crippen LogP contribution in [0, 0.1) is 0 Å². The lowest BCUT2D eigenvalue weighted by Gasteiger charge is -2.07. The molecule has 0 aliphatic rings. The molecule has 0 saturated carbocycles. The molecule has 3 rings (SSSR count). The number of ether oxygens (including phenoxy) is 1. The first-order valence-electron chi connectivity index (χ1n) is 8.84. The molecule has 0 spiro atoms. The molecular formula is C23H19BrN2O3. The van der Waals surface area contributed by atoms with E-state index in [-0.39, 0.29) is 11.8 Å². The lowest BCUT2D eigenvalue weighted by atomic mass is 10.2. The zero-order chi connectivity index (χ0) is 20.6. The zero-order valence-corrected chi connectivity index (χ0v) is 17.3. The molecular weight excluding hydrogens is 432 g/mol. The van der Waals surface area contributed by atoms with Crippen molar-refractivity contribution in [3.05, 3.63) is 94.5 Å². The van der Waals surface area contributed by atoms with Crippen LogP contribution in [0.1, 0.15) is 15.9 Å². The Kier molecular flexibility index (Phi) is 6.81. The SMILES string of the molecule is COc1ccc(Br)cc1/C=C/C(=O)Nc1ccc(NC(=O)c2ccccc2)cc1. The van der Waals surface area contributed by atoms with Crippen molar-refractivity contribution in [3.8, 4) is 5.75 Å². The summed E-state index contributed by atoms with van der Waals surface area (Å²) in [4.78, 5) is 24.4. The van der Waals surface area contributed by atoms with Gasteiger partial charge in [-0.3, -0.25) is 9.59 Å². The number of amides is 2. The van der Waals surface area contributed by atoms with Gasteiger partial charge in [0.05, 0.1) is 7.11 Å². The first-order valence-corrected chi connectivity index (χ1v) is 9.63. The fourth-order valence-electron chi connectivity index (χ4n) is 2.61. The first-order chi connectivity index (χ1) is 14.0. The second kappa shape index (κ2) is 9.71. The summed E-state index contributed by atoms with van der Waals surface area (Å²) in [6, 6.07) is 21.5. The Morgan fingerprint density at radius 2 is 1.55 bits per heavy atom. The van der Waals surface area contributed by atoms with E-state index in [9.17, 15) is 9.59 Å². The number of benzene rings is 3. The Bertz CT molecular complexity index is 1030. The van der Waals surface area contributed by atoms with E-state index in [0.29, 0.717) is 22.7 Å². The maximum absolute atomic E-state index is 12.2. The number of rotatable bonds is 6. The number of hydrogen-bond donors (Lipinski definition) is 2. The van der Waals surface area contributed by atoms with Gasteiger partial charge in [-0.2, -0.15) is 0 Å². The van der Waals surface area contributed by atoms with Crippen molar-refractivity contribution >= 4 is 45.2 Å². The molecule has 3 aromatic carbocycles. The number of carbonyl (C=O) groups is 2. The van der Waals surface area contributed by atoms with Gasteiger partial charge in [0.15, 0.2) is 0 Å². The van der Waals surface area contributed by atoms with Gasteiger partial charge < -0.3 is 15.4 Å². The molecule has 0 aromatic heterocycles. The summed E-state index contributed by atoms with van der Waals surface area (Å²) in [6.07, 6.45) is 3.13. The molecule has 0 aliphatic carbocycles. The molecule has 0 fully saturated rings. The van der Waals surface area contributed by atoms with Gasteiger partial charge in [-0.1, -0.05) is 34.1 Å². The summed E-state index contributed by atoms with van der Waals surface area (Å²) in [5, 5.41) is 5.60. The minimum atomic E-state index is -0.270. The molecule has 2 N–H and O–H groups in total. The zero-order valence-electron chi connectivity index (χ0n) is 15.7. The lowest BCUT2D eigenvalue weighted by molar-refractivity contribution is -0.111. The first kappa shape index (κ1) is 20.4. The van der Waals surface area contributed by atoms with Gasteiger partial charge in [-0.15, -0.1) is 0 Å². The van der Waals surface area contributed by atoms with Gasteiger partial charge >= 0.3 is 0 Å². The molecule has 0 atom stereocenters. The monoisotopic (exact) mass is 450 g/mol. The molecule has 0 saturated heterocycles. The molecule has 6 heteroatoms. The van der Waals surface area contributed by atoms with E-state index in [1.165, 1.54) is 6.08 Å². The van der Waals surface area contributed by atoms with Gasteiger partial charge in [0.25, 0.3) is 5.91 Å². The maximum atomic E-state index is 12.2. The Morgan fingerprint density at radius 1 is 0.897 bits per heavy atom. The van der Waals surface area contributed by atoms with Crippen molar-refractivity contribution in [1.82, 2.24) is 0 Å². The number of nitrogens with one attached hydrogen (secondary N) is 2. The summed E-state index contributed by atoms with van der Waals surface area (Å²) in [5.41, 5.74) is 2.64. The average Bonchev–Trinajstić information content (AvgIpc) is 2.74. The van der Waals surface area contributed by atoms with Crippen molar-refractivity contribution < 1.29 is 14.3 Å². The number of anilines is 2. The minimum absolute atomic E-state index is 0.187. The molecule has 0 unspecified atom stereocenters. The summed E-state index contributed by atoms with van der Waals surface area (Å²) < 4.78 is 6.18. The van der Waals surface area contributed by atoms with E-state index in [4.69, 9.17) is 4.74 Å². The fraction of sp³-hybridized carbons (Fsp3) is 0.0435. The fourth-order valence-corrected chi connectivity index (χ4v) is 2.99. The van der Waals surface area contributed by atoms with Gasteiger partial charge in [0.2, 0.25) is 5.91 Å². The van der Waals surface area contributed by atoms with Crippen LogP contribution < -0.4 is 15.4 Å². The quantitative estimate of drug-likeness (QED) is 0.496. The highest BCUT2D eigenvalue weighted by atomic mass is 79.9. The molecule has 5 nitrogen and oxygen atoms in total. The van der Waals surface area contributed by atoms with Gasteiger partial charge in [-0.25, -0.2) is 0 Å². The Morgan fingerprint density at radius 3 is 2.21 bits per heavy atom. The van der Waals surface area contributed by atoms with Crippen molar-refractivity contribution in [2.45, 2.75) is 0 Å². The molecule has 0 bridgehead atoms. The topological polar surface area (TPSA) is 67.4 Å². The summed E-state index contributed by atoms with van der Waals surface area (Å²) >= 11 is 3.40. The smallest absolute Gasteiger partial charge is 0.255 e. The van der Waals surface area contributed by atoms with E-state index >= 15 is 0 Å². The summed E-state index contributed by atoms with van der Waals surface area (Å²) in [7, 11) is 1.58. The lowest BCUT2D eigenvalue weighted by Crippen LogP contribution is -2.12. The van der Waals surface area contributed by atoms with Crippen LogP contribution in [0.15, 0.2) is 83.3 Å². The van der Waals surface area contributed by atoms with Gasteiger partial charge in [0.1, 0.15) is 5.75 Å². The minimum Gasteiger partial charge on any atom is -0.496 e. The largest absolute Gasteiger partial charge is 0.496 e.